The van der Waals surface area contributed by atoms with Crippen molar-refractivity contribution in [3.05, 3.63) is 41.6 Å². The highest BCUT2D eigenvalue weighted by molar-refractivity contribution is 5.73. The number of benzene rings is 1. The van der Waals surface area contributed by atoms with Crippen LogP contribution in [0.3, 0.4) is 0 Å². The van der Waals surface area contributed by atoms with Crippen LogP contribution in [-0.4, -0.2) is 51.2 Å². The van der Waals surface area contributed by atoms with Crippen LogP contribution in [0.15, 0.2) is 30.5 Å². The van der Waals surface area contributed by atoms with E-state index in [1.807, 2.05) is 0 Å². The molecule has 0 atom stereocenters. The molecule has 2 rings (SSSR count). The smallest absolute Gasteiger partial charge is 0.480 e. The Kier molecular flexibility index (Phi) is 9.21. The fourth-order valence-electron chi connectivity index (χ4n) is 1.89. The largest absolute Gasteiger partial charge is 0.573 e. The minimum Gasteiger partial charge on any atom is -0.480 e. The first kappa shape index (κ1) is 26.7. The summed E-state index contributed by atoms with van der Waals surface area (Å²) >= 11 is 0. The highest BCUT2D eigenvalue weighted by Crippen LogP contribution is 2.26. The van der Waals surface area contributed by atoms with Crippen LogP contribution in [0.1, 0.15) is 11.1 Å². The maximum absolute atomic E-state index is 12.4. The monoisotopic (exact) mass is 481 g/mol. The van der Waals surface area contributed by atoms with E-state index in [2.05, 4.69) is 25.3 Å². The van der Waals surface area contributed by atoms with E-state index < -0.39 is 31.0 Å². The summed E-state index contributed by atoms with van der Waals surface area (Å²) in [6.07, 6.45) is -8.74. The lowest BCUT2D eigenvalue weighted by molar-refractivity contribution is -0.274. The van der Waals surface area contributed by atoms with Crippen molar-refractivity contribution in [2.75, 3.05) is 17.2 Å². The summed E-state index contributed by atoms with van der Waals surface area (Å²) in [7, 11) is 0. The minimum atomic E-state index is -5.08. The van der Waals surface area contributed by atoms with Gasteiger partial charge in [0.1, 0.15) is 29.7 Å². The third-order valence-electron chi connectivity index (χ3n) is 3.19. The van der Waals surface area contributed by atoms with Crippen LogP contribution in [0.25, 0.3) is 0 Å². The van der Waals surface area contributed by atoms with Gasteiger partial charge in [-0.1, -0.05) is 18.2 Å². The second-order valence-corrected chi connectivity index (χ2v) is 5.63. The summed E-state index contributed by atoms with van der Waals surface area (Å²) in [4.78, 5) is 27.3. The number of alkyl halides is 6. The molecule has 33 heavy (non-hydrogen) atoms. The lowest BCUT2D eigenvalue weighted by atomic mass is 10.2. The number of aromatic nitrogens is 2. The molecule has 178 valence electrons. The van der Waals surface area contributed by atoms with E-state index in [9.17, 15) is 31.1 Å². The summed E-state index contributed by atoms with van der Waals surface area (Å²) in [6, 6.07) is 7.35. The molecule has 0 fully saturated rings. The Morgan fingerprint density at radius 3 is 2.21 bits per heavy atom. The Morgan fingerprint density at radius 2 is 1.70 bits per heavy atom. The molecule has 0 bridgehead atoms. The normalized spacial score (nSPS) is 10.8. The van der Waals surface area contributed by atoms with E-state index in [4.69, 9.17) is 20.3 Å². The number of hydrogen-bond acceptors (Lipinski definition) is 8. The topological polar surface area (TPSA) is 157 Å². The van der Waals surface area contributed by atoms with E-state index in [-0.39, 0.29) is 35.2 Å². The summed E-state index contributed by atoms with van der Waals surface area (Å²) < 4.78 is 72.9. The molecule has 0 aliphatic carbocycles. The maximum atomic E-state index is 12.4. The van der Waals surface area contributed by atoms with Gasteiger partial charge in [0.25, 0.3) is 0 Å². The molecule has 2 aromatic rings. The van der Waals surface area contributed by atoms with E-state index in [0.717, 1.165) is 6.20 Å². The molecular weight excluding hydrogens is 468 g/mol. The van der Waals surface area contributed by atoms with Crippen LogP contribution in [0, 0.1) is 11.3 Å². The number of rotatable bonds is 7. The first-order valence-electron chi connectivity index (χ1n) is 8.33. The number of nitrogens with one attached hydrogen (secondary N) is 2. The fourth-order valence-corrected chi connectivity index (χ4v) is 1.89. The number of hydrogen-bond donors (Lipinski definition) is 4. The molecule has 1 aromatic heterocycles. The number of aliphatic carboxylic acids is 2. The Morgan fingerprint density at radius 1 is 1.09 bits per heavy atom. The third kappa shape index (κ3) is 10.0. The van der Waals surface area contributed by atoms with Crippen molar-refractivity contribution in [3.8, 4) is 11.8 Å². The molecule has 1 aromatic carbocycles. The summed E-state index contributed by atoms with van der Waals surface area (Å²) in [5, 5.41) is 29.9. The molecule has 0 amide bonds. The summed E-state index contributed by atoms with van der Waals surface area (Å²) in [5.74, 6) is -4.29. The van der Waals surface area contributed by atoms with Crippen LogP contribution in [0.4, 0.5) is 38.1 Å². The van der Waals surface area contributed by atoms with Crippen LogP contribution in [-0.2, 0) is 16.1 Å². The molecule has 10 nitrogen and oxygen atoms in total. The van der Waals surface area contributed by atoms with Gasteiger partial charge >= 0.3 is 24.5 Å². The molecule has 0 saturated carbocycles. The average molecular weight is 481 g/mol. The number of carboxylic acid groups (broad SMARTS) is 2. The lowest BCUT2D eigenvalue weighted by Gasteiger charge is -2.14. The molecule has 16 heteroatoms. The van der Waals surface area contributed by atoms with Gasteiger partial charge in [0, 0.05) is 12.1 Å². The highest BCUT2D eigenvalue weighted by Gasteiger charge is 2.38. The number of para-hydroxylation sites is 1. The number of nitrogens with zero attached hydrogens (tertiary/aromatic N) is 3. The number of carboxylic acids is 2. The number of carbonyl (C=O) groups is 2. The second kappa shape index (κ2) is 11.4. The van der Waals surface area contributed by atoms with E-state index >= 15 is 0 Å². The van der Waals surface area contributed by atoms with Crippen molar-refractivity contribution >= 4 is 23.7 Å². The van der Waals surface area contributed by atoms with Gasteiger partial charge in [0.2, 0.25) is 5.95 Å². The van der Waals surface area contributed by atoms with Gasteiger partial charge in [-0.05, 0) is 6.07 Å². The summed E-state index contributed by atoms with van der Waals surface area (Å²) in [5.41, 5.74) is 0.232. The van der Waals surface area contributed by atoms with Crippen LogP contribution >= 0.6 is 0 Å². The maximum Gasteiger partial charge on any atom is 0.573 e. The van der Waals surface area contributed by atoms with Crippen LogP contribution < -0.4 is 15.4 Å². The first-order valence-corrected chi connectivity index (χ1v) is 8.33. The predicted molar refractivity (Wildman–Crippen MR) is 97.0 cm³/mol. The molecule has 1 heterocycles. The zero-order valence-corrected chi connectivity index (χ0v) is 16.0. The Balaban J connectivity index is 0.000000675. The fraction of sp³-hybridized carbons (Fsp3) is 0.235. The van der Waals surface area contributed by atoms with Gasteiger partial charge in [-0.2, -0.15) is 23.4 Å². The minimum absolute atomic E-state index is 0.00120. The second-order valence-electron chi connectivity index (χ2n) is 5.63. The molecular formula is C17H13F6N5O5. The molecule has 0 spiro atoms. The van der Waals surface area contributed by atoms with Crippen molar-refractivity contribution in [2.24, 2.45) is 0 Å². The molecule has 0 aliphatic heterocycles. The van der Waals surface area contributed by atoms with Gasteiger partial charge in [0.15, 0.2) is 0 Å². The molecule has 4 N–H and O–H groups in total. The van der Waals surface area contributed by atoms with Gasteiger partial charge in [-0.25, -0.2) is 9.78 Å². The average Bonchev–Trinajstić information content (AvgIpc) is 2.70. The van der Waals surface area contributed by atoms with E-state index in [1.54, 1.807) is 12.1 Å². The standard InChI is InChI=1S/C15H12F3N5O3.C2HF3O2/c16-15(17,18)26-11-4-2-1-3-9(11)6-21-14-22-7-10(5-19)13(23-14)20-8-12(24)25;3-2(4,5)1(6)7/h1-4,7H,6,8H2,(H,24,25)(H2,20,21,22,23);(H,6,7). The van der Waals surface area contributed by atoms with Crippen LogP contribution in [0.2, 0.25) is 0 Å². The lowest BCUT2D eigenvalue weighted by Crippen LogP contribution is -2.21. The van der Waals surface area contributed by atoms with Gasteiger partial charge in [-0.15, -0.1) is 13.2 Å². The Hall–Kier alpha value is -4.29. The van der Waals surface area contributed by atoms with Crippen molar-refractivity contribution in [2.45, 2.75) is 19.1 Å². The van der Waals surface area contributed by atoms with E-state index in [1.165, 1.54) is 18.2 Å². The van der Waals surface area contributed by atoms with Crippen molar-refractivity contribution in [1.82, 2.24) is 9.97 Å². The number of halogens is 6. The predicted octanol–water partition coefficient (Wildman–Crippen LogP) is 2.99. The molecule has 0 unspecified atom stereocenters. The van der Waals surface area contributed by atoms with E-state index in [0.29, 0.717) is 0 Å². The van der Waals surface area contributed by atoms with Crippen LogP contribution in [0.5, 0.6) is 5.75 Å². The van der Waals surface area contributed by atoms with Crippen molar-refractivity contribution in [3.63, 3.8) is 0 Å². The van der Waals surface area contributed by atoms with Crippen molar-refractivity contribution < 1.29 is 50.9 Å². The Bertz CT molecular complexity index is 1020. The summed E-state index contributed by atoms with van der Waals surface area (Å²) in [6.45, 7) is -0.552. The van der Waals surface area contributed by atoms with Gasteiger partial charge in [0.05, 0.1) is 6.20 Å². The van der Waals surface area contributed by atoms with Gasteiger partial charge in [-0.3, -0.25) is 4.79 Å². The number of anilines is 2. The number of ether oxygens (including phenoxy) is 1. The Labute approximate surface area is 180 Å². The SMILES string of the molecule is N#Cc1cnc(NCc2ccccc2OC(F)(F)F)nc1NCC(=O)O.O=C(O)C(F)(F)F. The molecule has 0 saturated heterocycles. The molecule has 0 radical (unpaired) electrons. The first-order chi connectivity index (χ1) is 15.2. The quantitative estimate of drug-likeness (QED) is 0.433. The third-order valence-corrected chi connectivity index (χ3v) is 3.19. The highest BCUT2D eigenvalue weighted by atomic mass is 19.4. The van der Waals surface area contributed by atoms with Gasteiger partial charge < -0.3 is 25.6 Å². The zero-order chi connectivity index (χ0) is 25.2. The zero-order valence-electron chi connectivity index (χ0n) is 16.0. The number of nitriles is 1. The molecule has 0 aliphatic rings. The van der Waals surface area contributed by atoms with Crippen molar-refractivity contribution in [1.29, 1.82) is 5.26 Å².